The van der Waals surface area contributed by atoms with Crippen molar-refractivity contribution < 1.29 is 9.90 Å². The lowest BCUT2D eigenvalue weighted by molar-refractivity contribution is -0.141. The molecule has 78 valence electrons. The molecule has 1 unspecified atom stereocenters. The van der Waals surface area contributed by atoms with E-state index in [1.54, 1.807) is 6.20 Å². The number of carbonyl (C=O) groups is 1. The molecule has 0 aliphatic heterocycles. The zero-order valence-corrected chi connectivity index (χ0v) is 9.36. The van der Waals surface area contributed by atoms with Gasteiger partial charge in [0, 0.05) is 6.20 Å². The number of halogens is 1. The van der Waals surface area contributed by atoms with Crippen LogP contribution in [-0.2, 0) is 4.79 Å². The van der Waals surface area contributed by atoms with Gasteiger partial charge >= 0.3 is 5.97 Å². The number of hydrogen-bond acceptors (Lipinski definition) is 3. The van der Waals surface area contributed by atoms with Gasteiger partial charge in [-0.15, -0.1) is 0 Å². The van der Waals surface area contributed by atoms with E-state index in [0.717, 1.165) is 6.42 Å². The molecule has 0 aliphatic carbocycles. The Morgan fingerprint density at radius 3 is 2.86 bits per heavy atom. The van der Waals surface area contributed by atoms with Crippen molar-refractivity contribution in [2.45, 2.75) is 25.8 Å². The summed E-state index contributed by atoms with van der Waals surface area (Å²) in [4.78, 5) is 10.9. The van der Waals surface area contributed by atoms with Gasteiger partial charge in [-0.3, -0.25) is 4.68 Å². The van der Waals surface area contributed by atoms with Gasteiger partial charge in [-0.05, 0) is 22.4 Å². The average molecular weight is 262 g/mol. The van der Waals surface area contributed by atoms with Crippen LogP contribution in [-0.4, -0.2) is 20.9 Å². The molecule has 3 N–H and O–H groups in total. The van der Waals surface area contributed by atoms with Crippen LogP contribution in [0.15, 0.2) is 10.7 Å². The number of aliphatic carboxylic acids is 1. The molecule has 0 fully saturated rings. The summed E-state index contributed by atoms with van der Waals surface area (Å²) in [6.07, 6.45) is 2.92. The van der Waals surface area contributed by atoms with Gasteiger partial charge in [0.05, 0.1) is 4.47 Å². The number of hydrogen-bond donors (Lipinski definition) is 2. The van der Waals surface area contributed by atoms with Crippen LogP contribution in [0.25, 0.3) is 0 Å². The number of nitrogen functional groups attached to an aromatic ring is 1. The minimum atomic E-state index is -0.887. The van der Waals surface area contributed by atoms with Crippen molar-refractivity contribution >= 4 is 27.7 Å². The maximum Gasteiger partial charge on any atom is 0.328 e. The number of nitrogens with zero attached hydrogens (tertiary/aromatic N) is 2. The molecule has 0 aromatic carbocycles. The standard InChI is InChI=1S/C8H12BrN3O2/c1-2-3-6(8(13)14)12-4-5(9)7(10)11-12/h4,6H,2-3H2,1H3,(H2,10,11)(H,13,14). The molecule has 5 nitrogen and oxygen atoms in total. The number of carboxylic acid groups (broad SMARTS) is 1. The van der Waals surface area contributed by atoms with Gasteiger partial charge in [0.15, 0.2) is 5.82 Å². The molecule has 6 heteroatoms. The Hall–Kier alpha value is -1.04. The monoisotopic (exact) mass is 261 g/mol. The predicted octanol–water partition coefficient (Wildman–Crippen LogP) is 1.65. The summed E-state index contributed by atoms with van der Waals surface area (Å²) < 4.78 is 2.01. The maximum absolute atomic E-state index is 10.9. The number of rotatable bonds is 4. The van der Waals surface area contributed by atoms with Gasteiger partial charge in [-0.1, -0.05) is 13.3 Å². The molecule has 0 aliphatic rings. The van der Waals surface area contributed by atoms with Crippen molar-refractivity contribution in [3.05, 3.63) is 10.7 Å². The molecule has 0 amide bonds. The molecular weight excluding hydrogens is 250 g/mol. The highest BCUT2D eigenvalue weighted by atomic mass is 79.9. The summed E-state index contributed by atoms with van der Waals surface area (Å²) in [6.45, 7) is 1.93. The van der Waals surface area contributed by atoms with Gasteiger partial charge in [-0.25, -0.2) is 4.79 Å². The third-order valence-electron chi connectivity index (χ3n) is 1.88. The second-order valence-electron chi connectivity index (χ2n) is 2.98. The lowest BCUT2D eigenvalue weighted by Crippen LogP contribution is -2.19. The first-order valence-electron chi connectivity index (χ1n) is 4.29. The molecule has 0 bridgehead atoms. The normalized spacial score (nSPS) is 12.7. The largest absolute Gasteiger partial charge is 0.480 e. The first kappa shape index (κ1) is 11.0. The summed E-state index contributed by atoms with van der Waals surface area (Å²) in [5.74, 6) is -0.575. The average Bonchev–Trinajstić information content (AvgIpc) is 2.42. The van der Waals surface area contributed by atoms with Crippen LogP contribution in [0.2, 0.25) is 0 Å². The molecular formula is C8H12BrN3O2. The zero-order chi connectivity index (χ0) is 10.7. The van der Waals surface area contributed by atoms with E-state index < -0.39 is 12.0 Å². The SMILES string of the molecule is CCCC(C(=O)O)n1cc(Br)c(N)n1. The lowest BCUT2D eigenvalue weighted by Gasteiger charge is -2.10. The minimum Gasteiger partial charge on any atom is -0.480 e. The smallest absolute Gasteiger partial charge is 0.328 e. The Kier molecular flexibility index (Phi) is 3.51. The van der Waals surface area contributed by atoms with Gasteiger partial charge in [0.1, 0.15) is 6.04 Å². The molecule has 0 saturated carbocycles. The van der Waals surface area contributed by atoms with Crippen molar-refractivity contribution in [2.75, 3.05) is 5.73 Å². The number of carboxylic acids is 1. The minimum absolute atomic E-state index is 0.312. The Morgan fingerprint density at radius 1 is 1.86 bits per heavy atom. The highest BCUT2D eigenvalue weighted by molar-refractivity contribution is 9.10. The van der Waals surface area contributed by atoms with Crippen LogP contribution in [0.4, 0.5) is 5.82 Å². The molecule has 14 heavy (non-hydrogen) atoms. The van der Waals surface area contributed by atoms with Gasteiger partial charge in [0.25, 0.3) is 0 Å². The summed E-state index contributed by atoms with van der Waals surface area (Å²) >= 11 is 3.18. The van der Waals surface area contributed by atoms with E-state index in [-0.39, 0.29) is 0 Å². The number of nitrogens with two attached hydrogens (primary N) is 1. The number of anilines is 1. The van der Waals surface area contributed by atoms with Crippen LogP contribution in [0, 0.1) is 0 Å². The molecule has 0 saturated heterocycles. The topological polar surface area (TPSA) is 81.1 Å². The third kappa shape index (κ3) is 2.25. The summed E-state index contributed by atoms with van der Waals surface area (Å²) in [5.41, 5.74) is 5.50. The fourth-order valence-corrected chi connectivity index (χ4v) is 1.47. The Bertz CT molecular complexity index is 318. The summed E-state index contributed by atoms with van der Waals surface area (Å²) in [6, 6.07) is -0.631. The first-order valence-corrected chi connectivity index (χ1v) is 5.08. The summed E-state index contributed by atoms with van der Waals surface area (Å²) in [7, 11) is 0. The highest BCUT2D eigenvalue weighted by Gasteiger charge is 2.20. The van der Waals surface area contributed by atoms with Crippen molar-refractivity contribution in [2.24, 2.45) is 0 Å². The quantitative estimate of drug-likeness (QED) is 0.864. The van der Waals surface area contributed by atoms with Crippen molar-refractivity contribution in [1.82, 2.24) is 9.78 Å². The molecule has 1 aromatic heterocycles. The lowest BCUT2D eigenvalue weighted by atomic mass is 10.2. The van der Waals surface area contributed by atoms with E-state index >= 15 is 0 Å². The molecule has 1 aromatic rings. The Labute approximate surface area is 90.0 Å². The van der Waals surface area contributed by atoms with E-state index in [1.807, 2.05) is 6.92 Å². The van der Waals surface area contributed by atoms with Gasteiger partial charge in [0.2, 0.25) is 0 Å². The maximum atomic E-state index is 10.9. The van der Waals surface area contributed by atoms with Crippen molar-refractivity contribution in [1.29, 1.82) is 0 Å². The van der Waals surface area contributed by atoms with E-state index in [4.69, 9.17) is 10.8 Å². The van der Waals surface area contributed by atoms with Crippen molar-refractivity contribution in [3.63, 3.8) is 0 Å². The Balaban J connectivity index is 2.93. The Morgan fingerprint density at radius 2 is 2.50 bits per heavy atom. The van der Waals surface area contributed by atoms with Crippen LogP contribution >= 0.6 is 15.9 Å². The van der Waals surface area contributed by atoms with Gasteiger partial charge in [-0.2, -0.15) is 5.10 Å². The first-order chi connectivity index (χ1) is 6.56. The van der Waals surface area contributed by atoms with Crippen LogP contribution in [0.3, 0.4) is 0 Å². The van der Waals surface area contributed by atoms with Gasteiger partial charge < -0.3 is 10.8 Å². The van der Waals surface area contributed by atoms with E-state index in [9.17, 15) is 4.79 Å². The second kappa shape index (κ2) is 4.45. The molecule has 1 heterocycles. The molecule has 0 radical (unpaired) electrons. The number of aromatic nitrogens is 2. The summed E-state index contributed by atoms with van der Waals surface area (Å²) in [5, 5.41) is 12.9. The zero-order valence-electron chi connectivity index (χ0n) is 7.77. The van der Waals surface area contributed by atoms with E-state index in [2.05, 4.69) is 21.0 Å². The van der Waals surface area contributed by atoms with Crippen molar-refractivity contribution in [3.8, 4) is 0 Å². The highest BCUT2D eigenvalue weighted by Crippen LogP contribution is 2.21. The fraction of sp³-hybridized carbons (Fsp3) is 0.500. The molecule has 1 rings (SSSR count). The predicted molar refractivity (Wildman–Crippen MR) is 55.9 cm³/mol. The molecule has 1 atom stereocenters. The molecule has 0 spiro atoms. The van der Waals surface area contributed by atoms with Crippen LogP contribution in [0.5, 0.6) is 0 Å². The van der Waals surface area contributed by atoms with E-state index in [0.29, 0.717) is 16.7 Å². The van der Waals surface area contributed by atoms with E-state index in [1.165, 1.54) is 4.68 Å². The third-order valence-corrected chi connectivity index (χ3v) is 2.49. The van der Waals surface area contributed by atoms with Crippen LogP contribution < -0.4 is 5.73 Å². The fourth-order valence-electron chi connectivity index (χ4n) is 1.19. The van der Waals surface area contributed by atoms with Crippen LogP contribution in [0.1, 0.15) is 25.8 Å². The second-order valence-corrected chi connectivity index (χ2v) is 3.84.